The zero-order chi connectivity index (χ0) is 26.7. The molecule has 3 aromatic carbocycles. The summed E-state index contributed by atoms with van der Waals surface area (Å²) < 4.78 is 14.4. The molecular weight excluding hydrogens is 600 g/mol. The van der Waals surface area contributed by atoms with Crippen LogP contribution in [0.2, 0.25) is 0 Å². The van der Waals surface area contributed by atoms with Crippen molar-refractivity contribution >= 4 is 49.0 Å². The number of rotatable bonds is 6. The number of methoxy groups -OCH3 is 1. The summed E-state index contributed by atoms with van der Waals surface area (Å²) in [6, 6.07) is 18.4. The molecule has 9 heteroatoms. The Morgan fingerprint density at radius 1 is 1.11 bits per heavy atom. The molecule has 0 aliphatic rings. The Labute approximate surface area is 231 Å². The summed E-state index contributed by atoms with van der Waals surface area (Å²) >= 11 is 7.01. The summed E-state index contributed by atoms with van der Waals surface area (Å²) in [6.07, 6.45) is 1.59. The van der Waals surface area contributed by atoms with Crippen molar-refractivity contribution in [1.29, 1.82) is 5.26 Å². The van der Waals surface area contributed by atoms with E-state index in [0.29, 0.717) is 43.8 Å². The van der Waals surface area contributed by atoms with Crippen LogP contribution in [0.3, 0.4) is 0 Å². The standard InChI is InChI=1S/C28H24Br2N4O3/c1-28(2,3)27-33-23-10-9-20(29)12-21(23)26(35)34(27)32-15-19-11-24(36-4)25(13-22(19)30)37-16-18-8-6-5-7-17(18)14-31/h5-13,15H,16H2,1-4H3. The molecule has 1 aromatic heterocycles. The molecule has 37 heavy (non-hydrogen) atoms. The predicted molar refractivity (Wildman–Crippen MR) is 152 cm³/mol. The fourth-order valence-electron chi connectivity index (χ4n) is 3.69. The van der Waals surface area contributed by atoms with Gasteiger partial charge in [-0.25, -0.2) is 4.98 Å². The van der Waals surface area contributed by atoms with Crippen molar-refractivity contribution in [2.45, 2.75) is 32.8 Å². The van der Waals surface area contributed by atoms with E-state index in [1.54, 1.807) is 37.6 Å². The molecule has 4 rings (SSSR count). The average Bonchev–Trinajstić information content (AvgIpc) is 2.87. The Morgan fingerprint density at radius 3 is 2.57 bits per heavy atom. The summed E-state index contributed by atoms with van der Waals surface area (Å²) in [5.41, 5.74) is 1.95. The molecule has 0 saturated heterocycles. The van der Waals surface area contributed by atoms with E-state index in [9.17, 15) is 10.1 Å². The van der Waals surface area contributed by atoms with E-state index in [1.165, 1.54) is 4.68 Å². The first-order chi connectivity index (χ1) is 17.6. The zero-order valence-electron chi connectivity index (χ0n) is 20.8. The van der Waals surface area contributed by atoms with Crippen LogP contribution in [0.4, 0.5) is 0 Å². The smallest absolute Gasteiger partial charge is 0.282 e. The molecule has 4 aromatic rings. The van der Waals surface area contributed by atoms with E-state index in [2.05, 4.69) is 43.0 Å². The van der Waals surface area contributed by atoms with Gasteiger partial charge in [0, 0.05) is 25.5 Å². The van der Waals surface area contributed by atoms with Crippen molar-refractivity contribution in [3.05, 3.63) is 96.4 Å². The van der Waals surface area contributed by atoms with Gasteiger partial charge in [-0.05, 0) is 52.3 Å². The van der Waals surface area contributed by atoms with Crippen molar-refractivity contribution in [3.63, 3.8) is 0 Å². The minimum absolute atomic E-state index is 0.211. The number of benzene rings is 3. The van der Waals surface area contributed by atoms with Gasteiger partial charge in [0.1, 0.15) is 12.4 Å². The van der Waals surface area contributed by atoms with Crippen molar-refractivity contribution in [2.75, 3.05) is 7.11 Å². The number of hydrogen-bond donors (Lipinski definition) is 0. The third-order valence-corrected chi connectivity index (χ3v) is 6.78. The molecule has 0 bridgehead atoms. The summed E-state index contributed by atoms with van der Waals surface area (Å²) in [5.74, 6) is 1.54. The van der Waals surface area contributed by atoms with Crippen molar-refractivity contribution in [2.24, 2.45) is 5.10 Å². The van der Waals surface area contributed by atoms with Crippen LogP contribution in [0.5, 0.6) is 11.5 Å². The minimum atomic E-state index is -0.426. The Hall–Kier alpha value is -3.48. The number of nitrogens with zero attached hydrogens (tertiary/aromatic N) is 4. The van der Waals surface area contributed by atoms with E-state index in [-0.39, 0.29) is 12.2 Å². The van der Waals surface area contributed by atoms with Gasteiger partial charge in [0.2, 0.25) is 0 Å². The van der Waals surface area contributed by atoms with Gasteiger partial charge >= 0.3 is 0 Å². The van der Waals surface area contributed by atoms with E-state index in [0.717, 1.165) is 10.0 Å². The van der Waals surface area contributed by atoms with E-state index >= 15 is 0 Å². The molecule has 0 unspecified atom stereocenters. The Morgan fingerprint density at radius 2 is 1.86 bits per heavy atom. The van der Waals surface area contributed by atoms with Gasteiger partial charge < -0.3 is 9.47 Å². The first kappa shape index (κ1) is 26.6. The molecule has 0 amide bonds. The third-order valence-electron chi connectivity index (χ3n) is 5.60. The molecule has 1 heterocycles. The van der Waals surface area contributed by atoms with Gasteiger partial charge in [0.05, 0.1) is 35.9 Å². The first-order valence-corrected chi connectivity index (χ1v) is 13.0. The van der Waals surface area contributed by atoms with E-state index < -0.39 is 5.41 Å². The number of aromatic nitrogens is 2. The maximum Gasteiger partial charge on any atom is 0.282 e. The predicted octanol–water partition coefficient (Wildman–Crippen LogP) is 6.56. The zero-order valence-corrected chi connectivity index (χ0v) is 23.9. The lowest BCUT2D eigenvalue weighted by Crippen LogP contribution is -2.29. The van der Waals surface area contributed by atoms with Crippen LogP contribution in [-0.2, 0) is 12.0 Å². The number of nitriles is 1. The molecule has 0 aliphatic heterocycles. The van der Waals surface area contributed by atoms with Gasteiger partial charge in [-0.1, -0.05) is 54.9 Å². The molecule has 0 fully saturated rings. The fourth-order valence-corrected chi connectivity index (χ4v) is 4.48. The van der Waals surface area contributed by atoms with Gasteiger partial charge in [-0.2, -0.15) is 15.0 Å². The maximum absolute atomic E-state index is 13.4. The Kier molecular flexibility index (Phi) is 7.81. The Bertz CT molecular complexity index is 1620. The topological polar surface area (TPSA) is 89.5 Å². The van der Waals surface area contributed by atoms with Crippen molar-refractivity contribution < 1.29 is 9.47 Å². The van der Waals surface area contributed by atoms with Gasteiger partial charge in [0.15, 0.2) is 11.5 Å². The molecule has 0 radical (unpaired) electrons. The fraction of sp³-hybridized carbons (Fsp3) is 0.214. The highest BCUT2D eigenvalue weighted by atomic mass is 79.9. The largest absolute Gasteiger partial charge is 0.493 e. The minimum Gasteiger partial charge on any atom is -0.493 e. The lowest BCUT2D eigenvalue weighted by molar-refractivity contribution is 0.284. The van der Waals surface area contributed by atoms with Crippen LogP contribution in [0.15, 0.2) is 73.4 Å². The van der Waals surface area contributed by atoms with Gasteiger partial charge in [-0.3, -0.25) is 4.79 Å². The van der Waals surface area contributed by atoms with Crippen LogP contribution in [-0.4, -0.2) is 23.0 Å². The van der Waals surface area contributed by atoms with Crippen molar-refractivity contribution in [1.82, 2.24) is 9.66 Å². The second-order valence-electron chi connectivity index (χ2n) is 9.29. The maximum atomic E-state index is 13.4. The molecule has 188 valence electrons. The van der Waals surface area contributed by atoms with Crippen LogP contribution in [0, 0.1) is 11.3 Å². The van der Waals surface area contributed by atoms with Crippen LogP contribution in [0.25, 0.3) is 10.9 Å². The molecule has 7 nitrogen and oxygen atoms in total. The quantitative estimate of drug-likeness (QED) is 0.227. The normalized spacial score (nSPS) is 11.6. The number of hydrogen-bond acceptors (Lipinski definition) is 6. The Balaban J connectivity index is 1.72. The van der Waals surface area contributed by atoms with E-state index in [1.807, 2.05) is 51.1 Å². The SMILES string of the molecule is COc1cc(C=Nn2c(C(C)(C)C)nc3ccc(Br)cc3c2=O)c(Br)cc1OCc1ccccc1C#N. The summed E-state index contributed by atoms with van der Waals surface area (Å²) in [7, 11) is 1.55. The summed E-state index contributed by atoms with van der Waals surface area (Å²) in [5, 5.41) is 14.3. The lowest BCUT2D eigenvalue weighted by Gasteiger charge is -2.21. The monoisotopic (exact) mass is 622 g/mol. The number of halogens is 2. The molecular formula is C28H24Br2N4O3. The lowest BCUT2D eigenvalue weighted by atomic mass is 9.95. The van der Waals surface area contributed by atoms with Crippen LogP contribution < -0.4 is 15.0 Å². The summed E-state index contributed by atoms with van der Waals surface area (Å²) in [4.78, 5) is 18.2. The third kappa shape index (κ3) is 5.76. The molecule has 0 spiro atoms. The number of fused-ring (bicyclic) bond motifs is 1. The van der Waals surface area contributed by atoms with Crippen LogP contribution in [0.1, 0.15) is 43.3 Å². The second-order valence-corrected chi connectivity index (χ2v) is 11.1. The highest BCUT2D eigenvalue weighted by Gasteiger charge is 2.23. The van der Waals surface area contributed by atoms with Gasteiger partial charge in [0.25, 0.3) is 5.56 Å². The highest BCUT2D eigenvalue weighted by Crippen LogP contribution is 2.34. The first-order valence-electron chi connectivity index (χ1n) is 11.4. The highest BCUT2D eigenvalue weighted by molar-refractivity contribution is 9.10. The second kappa shape index (κ2) is 10.9. The molecule has 0 atom stereocenters. The number of ether oxygens (including phenoxy) is 2. The molecule has 0 aliphatic carbocycles. The molecule has 0 N–H and O–H groups in total. The van der Waals surface area contributed by atoms with Crippen LogP contribution >= 0.6 is 31.9 Å². The summed E-state index contributed by atoms with van der Waals surface area (Å²) in [6.45, 7) is 6.17. The van der Waals surface area contributed by atoms with E-state index in [4.69, 9.17) is 14.5 Å². The van der Waals surface area contributed by atoms with Crippen molar-refractivity contribution in [3.8, 4) is 17.6 Å². The molecule has 0 saturated carbocycles. The van der Waals surface area contributed by atoms with Gasteiger partial charge in [-0.15, -0.1) is 0 Å². The average molecular weight is 624 g/mol.